The van der Waals surface area contributed by atoms with E-state index in [9.17, 15) is 13.5 Å². The summed E-state index contributed by atoms with van der Waals surface area (Å²) < 4.78 is 26.5. The van der Waals surface area contributed by atoms with E-state index in [0.717, 1.165) is 25.7 Å². The maximum absolute atomic E-state index is 12.0. The minimum absolute atomic E-state index is 0.134. The first-order chi connectivity index (χ1) is 8.41. The lowest BCUT2D eigenvalue weighted by molar-refractivity contribution is 0.0377. The third-order valence-corrected chi connectivity index (χ3v) is 5.61. The number of hydrogen-bond donors (Lipinski definition) is 2. The van der Waals surface area contributed by atoms with Gasteiger partial charge in [-0.25, -0.2) is 13.1 Å². The van der Waals surface area contributed by atoms with Gasteiger partial charge in [-0.15, -0.1) is 0 Å². The third kappa shape index (κ3) is 5.24. The predicted molar refractivity (Wildman–Crippen MR) is 73.9 cm³/mol. The molecule has 0 amide bonds. The van der Waals surface area contributed by atoms with Crippen molar-refractivity contribution in [2.45, 2.75) is 64.4 Å². The first kappa shape index (κ1) is 15.9. The van der Waals surface area contributed by atoms with Gasteiger partial charge in [-0.3, -0.25) is 0 Å². The Balaban J connectivity index is 2.44. The zero-order valence-corrected chi connectivity index (χ0v) is 12.4. The highest BCUT2D eigenvalue weighted by atomic mass is 32.2. The summed E-state index contributed by atoms with van der Waals surface area (Å²) in [7, 11) is -3.24. The highest BCUT2D eigenvalue weighted by Crippen LogP contribution is 2.24. The summed E-state index contributed by atoms with van der Waals surface area (Å²) in [5, 5.41) is 10.1. The fraction of sp³-hybridized carbons (Fsp3) is 1.00. The van der Waals surface area contributed by atoms with Crippen molar-refractivity contribution in [1.82, 2.24) is 4.72 Å². The lowest BCUT2D eigenvalue weighted by atomic mass is 9.91. The van der Waals surface area contributed by atoms with E-state index in [4.69, 9.17) is 0 Å². The predicted octanol–water partition coefficient (Wildman–Crippen LogP) is 2.04. The molecule has 1 aliphatic carbocycles. The first-order valence-corrected chi connectivity index (χ1v) is 8.76. The van der Waals surface area contributed by atoms with E-state index in [2.05, 4.69) is 4.72 Å². The van der Waals surface area contributed by atoms with Crippen LogP contribution in [-0.4, -0.2) is 31.4 Å². The molecule has 1 aliphatic rings. The fourth-order valence-electron chi connectivity index (χ4n) is 2.47. The van der Waals surface area contributed by atoms with Crippen molar-refractivity contribution < 1.29 is 13.5 Å². The van der Waals surface area contributed by atoms with Gasteiger partial charge in [-0.05, 0) is 31.6 Å². The highest BCUT2D eigenvalue weighted by Gasteiger charge is 2.26. The number of aliphatic hydroxyl groups is 1. The van der Waals surface area contributed by atoms with Crippen LogP contribution in [0, 0.1) is 5.92 Å². The standard InChI is InChI=1S/C13H27NO3S/c1-3-13(15,4-2)11-14-18(16,17)10-12-8-6-5-7-9-12/h12,14-15H,3-11H2,1-2H3. The third-order valence-electron chi connectivity index (χ3n) is 4.12. The molecule has 108 valence electrons. The molecule has 0 aromatic heterocycles. The van der Waals surface area contributed by atoms with E-state index in [1.807, 2.05) is 13.8 Å². The van der Waals surface area contributed by atoms with Crippen LogP contribution in [0.3, 0.4) is 0 Å². The molecule has 0 bridgehead atoms. The summed E-state index contributed by atoms with van der Waals surface area (Å²) in [6.45, 7) is 3.88. The molecule has 18 heavy (non-hydrogen) atoms. The molecule has 0 saturated heterocycles. The van der Waals surface area contributed by atoms with Crippen LogP contribution in [0.1, 0.15) is 58.8 Å². The Labute approximate surface area is 111 Å². The van der Waals surface area contributed by atoms with Crippen molar-refractivity contribution in [3.05, 3.63) is 0 Å². The Morgan fingerprint density at radius 1 is 1.17 bits per heavy atom. The van der Waals surface area contributed by atoms with Crippen LogP contribution in [0.15, 0.2) is 0 Å². The first-order valence-electron chi connectivity index (χ1n) is 7.10. The average molecular weight is 277 g/mol. The minimum atomic E-state index is -3.24. The number of rotatable bonds is 7. The van der Waals surface area contributed by atoms with Crippen LogP contribution in [0.5, 0.6) is 0 Å². The normalized spacial score (nSPS) is 19.1. The molecule has 0 radical (unpaired) electrons. The molecule has 0 atom stereocenters. The Morgan fingerprint density at radius 2 is 1.72 bits per heavy atom. The molecule has 0 aromatic carbocycles. The van der Waals surface area contributed by atoms with Gasteiger partial charge < -0.3 is 5.11 Å². The lowest BCUT2D eigenvalue weighted by Crippen LogP contribution is -2.43. The second-order valence-electron chi connectivity index (χ2n) is 5.54. The Hall–Kier alpha value is -0.130. The van der Waals surface area contributed by atoms with E-state index >= 15 is 0 Å². The van der Waals surface area contributed by atoms with Crippen molar-refractivity contribution in [2.24, 2.45) is 5.92 Å². The molecule has 0 aliphatic heterocycles. The van der Waals surface area contributed by atoms with Gasteiger partial charge in [0.1, 0.15) is 0 Å². The van der Waals surface area contributed by atoms with Gasteiger partial charge in [0.25, 0.3) is 0 Å². The fourth-order valence-corrected chi connectivity index (χ4v) is 4.03. The smallest absolute Gasteiger partial charge is 0.211 e. The molecular weight excluding hydrogens is 250 g/mol. The van der Waals surface area contributed by atoms with Crippen LogP contribution in [0.4, 0.5) is 0 Å². The van der Waals surface area contributed by atoms with Crippen LogP contribution >= 0.6 is 0 Å². The van der Waals surface area contributed by atoms with Gasteiger partial charge in [0.2, 0.25) is 10.0 Å². The molecule has 0 unspecified atom stereocenters. The van der Waals surface area contributed by atoms with Crippen LogP contribution in [-0.2, 0) is 10.0 Å². The van der Waals surface area contributed by atoms with Gasteiger partial charge in [0.15, 0.2) is 0 Å². The largest absolute Gasteiger partial charge is 0.389 e. The van der Waals surface area contributed by atoms with Crippen molar-refractivity contribution >= 4 is 10.0 Å². The van der Waals surface area contributed by atoms with Crippen LogP contribution < -0.4 is 4.72 Å². The highest BCUT2D eigenvalue weighted by molar-refractivity contribution is 7.89. The molecule has 1 fully saturated rings. The molecule has 0 heterocycles. The number of hydrogen-bond acceptors (Lipinski definition) is 3. The van der Waals surface area contributed by atoms with E-state index in [1.54, 1.807) is 0 Å². The lowest BCUT2D eigenvalue weighted by Gasteiger charge is -2.26. The van der Waals surface area contributed by atoms with Gasteiger partial charge in [0, 0.05) is 6.54 Å². The van der Waals surface area contributed by atoms with E-state index < -0.39 is 15.6 Å². The van der Waals surface area contributed by atoms with Gasteiger partial charge in [-0.1, -0.05) is 33.1 Å². The molecular formula is C13H27NO3S. The minimum Gasteiger partial charge on any atom is -0.389 e. The molecule has 5 heteroatoms. The summed E-state index contributed by atoms with van der Waals surface area (Å²) in [6, 6.07) is 0. The summed E-state index contributed by atoms with van der Waals surface area (Å²) >= 11 is 0. The monoisotopic (exact) mass is 277 g/mol. The number of nitrogens with one attached hydrogen (secondary N) is 1. The summed E-state index contributed by atoms with van der Waals surface area (Å²) in [6.07, 6.45) is 6.70. The van der Waals surface area contributed by atoms with Crippen molar-refractivity contribution in [1.29, 1.82) is 0 Å². The summed E-state index contributed by atoms with van der Waals surface area (Å²) in [5.41, 5.74) is -0.903. The zero-order valence-electron chi connectivity index (χ0n) is 11.6. The van der Waals surface area contributed by atoms with Gasteiger partial charge in [-0.2, -0.15) is 0 Å². The van der Waals surface area contributed by atoms with Crippen molar-refractivity contribution in [3.8, 4) is 0 Å². The van der Waals surface area contributed by atoms with Gasteiger partial charge in [0.05, 0.1) is 11.4 Å². The van der Waals surface area contributed by atoms with Crippen molar-refractivity contribution in [3.63, 3.8) is 0 Å². The van der Waals surface area contributed by atoms with E-state index in [0.29, 0.717) is 18.8 Å². The molecule has 4 nitrogen and oxygen atoms in total. The van der Waals surface area contributed by atoms with Gasteiger partial charge >= 0.3 is 0 Å². The van der Waals surface area contributed by atoms with E-state index in [1.165, 1.54) is 6.42 Å². The summed E-state index contributed by atoms with van der Waals surface area (Å²) in [5.74, 6) is 0.517. The summed E-state index contributed by atoms with van der Waals surface area (Å²) in [4.78, 5) is 0. The molecule has 2 N–H and O–H groups in total. The molecule has 1 saturated carbocycles. The van der Waals surface area contributed by atoms with Crippen molar-refractivity contribution in [2.75, 3.05) is 12.3 Å². The molecule has 0 aromatic rings. The van der Waals surface area contributed by atoms with Crippen LogP contribution in [0.25, 0.3) is 0 Å². The zero-order chi connectivity index (χ0) is 13.6. The topological polar surface area (TPSA) is 66.4 Å². The van der Waals surface area contributed by atoms with E-state index in [-0.39, 0.29) is 12.3 Å². The maximum atomic E-state index is 12.0. The maximum Gasteiger partial charge on any atom is 0.211 e. The SMILES string of the molecule is CCC(O)(CC)CNS(=O)(=O)CC1CCCCC1. The second kappa shape index (κ2) is 6.87. The quantitative estimate of drug-likeness (QED) is 0.748. The second-order valence-corrected chi connectivity index (χ2v) is 7.39. The number of sulfonamides is 1. The molecule has 1 rings (SSSR count). The Bertz CT molecular complexity index is 330. The Morgan fingerprint density at radius 3 is 2.22 bits per heavy atom. The van der Waals surface area contributed by atoms with Crippen LogP contribution in [0.2, 0.25) is 0 Å². The Kier molecular flexibility index (Phi) is 6.08. The molecule has 0 spiro atoms. The average Bonchev–Trinajstić information content (AvgIpc) is 2.37.